The molecular weight excluding hydrogens is 591 g/mol. The van der Waals surface area contributed by atoms with Crippen LogP contribution in [0.25, 0.3) is 44.5 Å². The number of anilines is 3. The molecule has 0 bridgehead atoms. The molecule has 0 saturated carbocycles. The minimum absolute atomic E-state index is 0.0125. The van der Waals surface area contributed by atoms with Crippen molar-refractivity contribution >= 4 is 17.1 Å². The Morgan fingerprint density at radius 3 is 1.22 bits per heavy atom. The zero-order valence-electron chi connectivity index (χ0n) is 28.7. The van der Waals surface area contributed by atoms with E-state index >= 15 is 0 Å². The van der Waals surface area contributed by atoms with Crippen LogP contribution in [0.4, 0.5) is 17.1 Å². The molecule has 0 saturated heterocycles. The molecule has 0 N–H and O–H groups in total. The van der Waals surface area contributed by atoms with Crippen LogP contribution in [-0.4, -0.2) is 0 Å². The van der Waals surface area contributed by atoms with E-state index in [-0.39, 0.29) is 10.8 Å². The van der Waals surface area contributed by atoms with Crippen molar-refractivity contribution in [1.82, 2.24) is 0 Å². The van der Waals surface area contributed by atoms with Gasteiger partial charge in [-0.15, -0.1) is 0 Å². The maximum absolute atomic E-state index is 2.45. The lowest BCUT2D eigenvalue weighted by molar-refractivity contribution is 0.299. The van der Waals surface area contributed by atoms with Crippen LogP contribution in [0.5, 0.6) is 0 Å². The summed E-state index contributed by atoms with van der Waals surface area (Å²) < 4.78 is 0. The van der Waals surface area contributed by atoms with Crippen LogP contribution < -0.4 is 4.90 Å². The average molecular weight is 632 g/mol. The lowest BCUT2D eigenvalue weighted by atomic mass is 9.55. The normalized spacial score (nSPS) is 14.0. The summed E-state index contributed by atoms with van der Waals surface area (Å²) in [4.78, 5) is 2.39. The predicted molar refractivity (Wildman–Crippen MR) is 209 cm³/mol. The average Bonchev–Trinajstić information content (AvgIpc) is 3.15. The lowest BCUT2D eigenvalue weighted by Crippen LogP contribution is -2.43. The second kappa shape index (κ2) is 12.1. The molecule has 0 amide bonds. The molecule has 7 aromatic carbocycles. The van der Waals surface area contributed by atoms with Gasteiger partial charge < -0.3 is 4.90 Å². The van der Waals surface area contributed by atoms with E-state index < -0.39 is 0 Å². The molecule has 238 valence electrons. The minimum Gasteiger partial charge on any atom is -0.310 e. The maximum Gasteiger partial charge on any atom is 0.0467 e. The molecule has 8 rings (SSSR count). The number of fused-ring (bicyclic) bond motifs is 3. The van der Waals surface area contributed by atoms with Gasteiger partial charge in [-0.2, -0.15) is 0 Å². The molecule has 49 heavy (non-hydrogen) atoms. The standard InChI is InChI=1S/C48H41N/c1-47(2)45-27-12-11-26-43(45)44-29-28-39(33-46(44)48(47,3)4)38-22-15-25-42(32-38)49(40-23-13-20-36(30-40)34-16-7-5-8-17-34)41-24-14-21-37(31-41)35-18-9-6-10-19-35/h5-33H,1-4H3. The van der Waals surface area contributed by atoms with Crippen molar-refractivity contribution in [1.29, 1.82) is 0 Å². The van der Waals surface area contributed by atoms with Gasteiger partial charge in [0.25, 0.3) is 0 Å². The molecule has 0 fully saturated rings. The maximum atomic E-state index is 2.45. The van der Waals surface area contributed by atoms with E-state index in [1.165, 1.54) is 55.6 Å². The fraction of sp³-hybridized carbons (Fsp3) is 0.125. The Balaban J connectivity index is 1.27. The Bertz CT molecular complexity index is 2190. The highest BCUT2D eigenvalue weighted by Crippen LogP contribution is 2.54. The quantitative estimate of drug-likeness (QED) is 0.176. The molecule has 0 atom stereocenters. The summed E-state index contributed by atoms with van der Waals surface area (Å²) in [5, 5.41) is 0. The van der Waals surface area contributed by atoms with Crippen molar-refractivity contribution < 1.29 is 0 Å². The predicted octanol–water partition coefficient (Wildman–Crippen LogP) is 13.4. The molecule has 0 radical (unpaired) electrons. The Morgan fingerprint density at radius 1 is 0.306 bits per heavy atom. The van der Waals surface area contributed by atoms with Gasteiger partial charge in [-0.3, -0.25) is 0 Å². The highest BCUT2D eigenvalue weighted by atomic mass is 15.1. The van der Waals surface area contributed by atoms with Gasteiger partial charge in [0.05, 0.1) is 0 Å². The Morgan fingerprint density at radius 2 is 0.694 bits per heavy atom. The zero-order valence-corrected chi connectivity index (χ0v) is 28.7. The molecule has 0 heterocycles. The number of rotatable bonds is 6. The topological polar surface area (TPSA) is 3.24 Å². The molecule has 0 spiro atoms. The molecule has 1 aliphatic carbocycles. The molecular formula is C48H41N. The van der Waals surface area contributed by atoms with Gasteiger partial charge in [-0.1, -0.05) is 161 Å². The van der Waals surface area contributed by atoms with Gasteiger partial charge in [-0.05, 0) is 109 Å². The van der Waals surface area contributed by atoms with E-state index in [4.69, 9.17) is 0 Å². The van der Waals surface area contributed by atoms with E-state index in [1.54, 1.807) is 0 Å². The van der Waals surface area contributed by atoms with Gasteiger partial charge in [0.1, 0.15) is 0 Å². The van der Waals surface area contributed by atoms with Crippen LogP contribution in [0.3, 0.4) is 0 Å². The van der Waals surface area contributed by atoms with Crippen molar-refractivity contribution in [3.05, 3.63) is 187 Å². The van der Waals surface area contributed by atoms with Crippen LogP contribution in [0.2, 0.25) is 0 Å². The first-order valence-electron chi connectivity index (χ1n) is 17.3. The number of benzene rings is 7. The number of nitrogens with zero attached hydrogens (tertiary/aromatic N) is 1. The third-order valence-electron chi connectivity index (χ3n) is 11.0. The zero-order chi connectivity index (χ0) is 33.6. The summed E-state index contributed by atoms with van der Waals surface area (Å²) in [6, 6.07) is 64.1. The van der Waals surface area contributed by atoms with Crippen LogP contribution in [0.15, 0.2) is 176 Å². The SMILES string of the molecule is CC1(C)c2ccccc2-c2ccc(-c3cccc(N(c4cccc(-c5ccccc5)c4)c4cccc(-c5ccccc5)c4)c3)cc2C1(C)C. The minimum atomic E-state index is -0.0495. The van der Waals surface area contributed by atoms with Crippen molar-refractivity contribution in [2.24, 2.45) is 0 Å². The number of hydrogen-bond donors (Lipinski definition) is 0. The Hall–Kier alpha value is -5.66. The summed E-state index contributed by atoms with van der Waals surface area (Å²) >= 11 is 0. The van der Waals surface area contributed by atoms with Gasteiger partial charge in [0.2, 0.25) is 0 Å². The van der Waals surface area contributed by atoms with Crippen LogP contribution in [0.1, 0.15) is 38.8 Å². The molecule has 0 aromatic heterocycles. The fourth-order valence-corrected chi connectivity index (χ4v) is 7.59. The first-order chi connectivity index (χ1) is 23.8. The van der Waals surface area contributed by atoms with Crippen LogP contribution >= 0.6 is 0 Å². The van der Waals surface area contributed by atoms with Crippen molar-refractivity contribution in [2.75, 3.05) is 4.90 Å². The van der Waals surface area contributed by atoms with Crippen molar-refractivity contribution in [3.63, 3.8) is 0 Å². The van der Waals surface area contributed by atoms with Crippen molar-refractivity contribution in [3.8, 4) is 44.5 Å². The summed E-state index contributed by atoms with van der Waals surface area (Å²) in [6.45, 7) is 9.60. The largest absolute Gasteiger partial charge is 0.310 e. The highest BCUT2D eigenvalue weighted by Gasteiger charge is 2.45. The second-order valence-corrected chi connectivity index (χ2v) is 14.3. The Kier molecular flexibility index (Phi) is 7.57. The van der Waals surface area contributed by atoms with E-state index in [1.807, 2.05) is 0 Å². The van der Waals surface area contributed by atoms with Crippen LogP contribution in [-0.2, 0) is 10.8 Å². The molecule has 1 aliphatic rings. The Labute approximate surface area is 291 Å². The lowest BCUT2D eigenvalue weighted by Gasteiger charge is -2.48. The molecule has 0 unspecified atom stereocenters. The summed E-state index contributed by atoms with van der Waals surface area (Å²) in [6.07, 6.45) is 0. The first kappa shape index (κ1) is 30.7. The first-order valence-corrected chi connectivity index (χ1v) is 17.3. The highest BCUT2D eigenvalue weighted by molar-refractivity contribution is 5.85. The molecule has 1 heteroatoms. The summed E-state index contributed by atoms with van der Waals surface area (Å²) in [7, 11) is 0. The molecule has 0 aliphatic heterocycles. The van der Waals surface area contributed by atoms with Crippen LogP contribution in [0, 0.1) is 0 Å². The molecule has 1 nitrogen and oxygen atoms in total. The van der Waals surface area contributed by atoms with Gasteiger partial charge in [-0.25, -0.2) is 0 Å². The van der Waals surface area contributed by atoms with Gasteiger partial charge in [0.15, 0.2) is 0 Å². The second-order valence-electron chi connectivity index (χ2n) is 14.3. The van der Waals surface area contributed by atoms with Gasteiger partial charge >= 0.3 is 0 Å². The monoisotopic (exact) mass is 631 g/mol. The molecule has 7 aromatic rings. The van der Waals surface area contributed by atoms with E-state index in [9.17, 15) is 0 Å². The number of hydrogen-bond acceptors (Lipinski definition) is 1. The van der Waals surface area contributed by atoms with E-state index in [0.29, 0.717) is 0 Å². The summed E-state index contributed by atoms with van der Waals surface area (Å²) in [5.41, 5.74) is 16.1. The van der Waals surface area contributed by atoms with E-state index in [2.05, 4.69) is 209 Å². The van der Waals surface area contributed by atoms with Crippen molar-refractivity contribution in [2.45, 2.75) is 38.5 Å². The smallest absolute Gasteiger partial charge is 0.0467 e. The fourth-order valence-electron chi connectivity index (χ4n) is 7.59. The third kappa shape index (κ3) is 5.36. The third-order valence-corrected chi connectivity index (χ3v) is 11.0. The van der Waals surface area contributed by atoms with E-state index in [0.717, 1.165) is 17.1 Å². The van der Waals surface area contributed by atoms with Gasteiger partial charge in [0, 0.05) is 17.1 Å². The summed E-state index contributed by atoms with van der Waals surface area (Å²) in [5.74, 6) is 0.